The van der Waals surface area contributed by atoms with Crippen molar-refractivity contribution in [3.63, 3.8) is 0 Å². The Labute approximate surface area is 146 Å². The summed E-state index contributed by atoms with van der Waals surface area (Å²) in [5.41, 5.74) is 2.31. The van der Waals surface area contributed by atoms with Crippen molar-refractivity contribution in [2.45, 2.75) is 62.9 Å². The van der Waals surface area contributed by atoms with E-state index in [0.717, 1.165) is 31.0 Å². The molecule has 5 rings (SSSR count). The van der Waals surface area contributed by atoms with Crippen LogP contribution in [0.15, 0.2) is 29.3 Å². The van der Waals surface area contributed by atoms with Crippen molar-refractivity contribution in [1.82, 2.24) is 19.7 Å². The summed E-state index contributed by atoms with van der Waals surface area (Å²) in [6.07, 6.45) is 11.0. The monoisotopic (exact) mass is 337 g/mol. The molecule has 1 unspecified atom stereocenters. The Morgan fingerprint density at radius 3 is 2.48 bits per heavy atom. The van der Waals surface area contributed by atoms with Crippen LogP contribution in [-0.4, -0.2) is 32.3 Å². The highest BCUT2D eigenvalue weighted by Crippen LogP contribution is 2.40. The molecule has 0 bridgehead atoms. The molecule has 3 fully saturated rings. The number of nitrogens with zero attached hydrogens (tertiary/aromatic N) is 5. The second-order valence-corrected chi connectivity index (χ2v) is 7.63. The van der Waals surface area contributed by atoms with E-state index in [1.54, 1.807) is 10.7 Å². The molecule has 0 spiro atoms. The van der Waals surface area contributed by atoms with Gasteiger partial charge in [0, 0.05) is 30.9 Å². The fourth-order valence-corrected chi connectivity index (χ4v) is 3.79. The van der Waals surface area contributed by atoms with Crippen LogP contribution in [0, 0.1) is 0 Å². The molecule has 1 aliphatic heterocycles. The Hall–Kier alpha value is -2.24. The lowest BCUT2D eigenvalue weighted by molar-refractivity contribution is 0.479. The Kier molecular flexibility index (Phi) is 3.57. The summed E-state index contributed by atoms with van der Waals surface area (Å²) in [5.74, 6) is 2.03. The molecule has 2 aromatic rings. The summed E-state index contributed by atoms with van der Waals surface area (Å²) in [4.78, 5) is 23.7. The molecule has 6 heteroatoms. The van der Waals surface area contributed by atoms with Gasteiger partial charge in [0.15, 0.2) is 0 Å². The van der Waals surface area contributed by atoms with Crippen molar-refractivity contribution in [2.75, 3.05) is 11.4 Å². The smallest absolute Gasteiger partial charge is 0.266 e. The summed E-state index contributed by atoms with van der Waals surface area (Å²) >= 11 is 0. The maximum absolute atomic E-state index is 12.2. The molecule has 3 heterocycles. The zero-order valence-electron chi connectivity index (χ0n) is 14.3. The second kappa shape index (κ2) is 5.93. The second-order valence-electron chi connectivity index (χ2n) is 7.63. The first-order chi connectivity index (χ1) is 12.3. The molecule has 3 aliphatic rings. The normalized spacial score (nSPS) is 23.2. The van der Waals surface area contributed by atoms with E-state index in [1.165, 1.54) is 31.2 Å². The molecular formula is C19H23N5O. The maximum Gasteiger partial charge on any atom is 0.266 e. The summed E-state index contributed by atoms with van der Waals surface area (Å²) in [7, 11) is 0. The van der Waals surface area contributed by atoms with Crippen LogP contribution < -0.4 is 10.5 Å². The number of aromatic nitrogens is 4. The minimum Gasteiger partial charge on any atom is -0.336 e. The fraction of sp³-hybridized carbons (Fsp3) is 0.579. The zero-order chi connectivity index (χ0) is 16.8. The largest absolute Gasteiger partial charge is 0.336 e. The first kappa shape index (κ1) is 15.0. The molecule has 2 aromatic heterocycles. The molecule has 1 saturated heterocycles. The van der Waals surface area contributed by atoms with Gasteiger partial charge in [0.1, 0.15) is 0 Å². The van der Waals surface area contributed by atoms with Gasteiger partial charge in [0.25, 0.3) is 5.56 Å². The Morgan fingerprint density at radius 2 is 1.76 bits per heavy atom. The Balaban J connectivity index is 1.36. The van der Waals surface area contributed by atoms with Gasteiger partial charge in [-0.05, 0) is 56.1 Å². The van der Waals surface area contributed by atoms with Crippen LogP contribution in [-0.2, 0) is 6.54 Å². The molecule has 130 valence electrons. The van der Waals surface area contributed by atoms with Gasteiger partial charge in [0.05, 0.1) is 18.3 Å². The Bertz CT molecular complexity index is 822. The lowest BCUT2D eigenvalue weighted by Crippen LogP contribution is -2.38. The van der Waals surface area contributed by atoms with Crippen LogP contribution >= 0.6 is 0 Å². The van der Waals surface area contributed by atoms with Crippen LogP contribution in [0.3, 0.4) is 0 Å². The standard InChI is InChI=1S/C19H23N5O/c25-18-8-7-17(14-5-6-14)22-24(18)12-16-2-1-9-23(16)19-20-10-15(11-21-19)13-3-4-13/h7-8,10-11,13-14,16H,1-6,9,12H2. The number of hydrogen-bond acceptors (Lipinski definition) is 5. The first-order valence-electron chi connectivity index (χ1n) is 9.44. The summed E-state index contributed by atoms with van der Waals surface area (Å²) in [5, 5.41) is 4.61. The maximum atomic E-state index is 12.2. The predicted octanol–water partition coefficient (Wildman–Crippen LogP) is 2.46. The molecule has 0 radical (unpaired) electrons. The van der Waals surface area contributed by atoms with Crippen molar-refractivity contribution in [3.8, 4) is 0 Å². The van der Waals surface area contributed by atoms with E-state index in [4.69, 9.17) is 0 Å². The minimum atomic E-state index is -0.0127. The zero-order valence-corrected chi connectivity index (χ0v) is 14.3. The van der Waals surface area contributed by atoms with Gasteiger partial charge in [-0.1, -0.05) is 0 Å². The molecule has 0 aromatic carbocycles. The lowest BCUT2D eigenvalue weighted by Gasteiger charge is -2.25. The van der Waals surface area contributed by atoms with Crippen molar-refractivity contribution in [3.05, 3.63) is 46.1 Å². The van der Waals surface area contributed by atoms with E-state index in [-0.39, 0.29) is 11.6 Å². The van der Waals surface area contributed by atoms with Gasteiger partial charge in [0.2, 0.25) is 5.95 Å². The third kappa shape index (κ3) is 3.05. The molecule has 1 atom stereocenters. The number of hydrogen-bond donors (Lipinski definition) is 0. The predicted molar refractivity (Wildman–Crippen MR) is 94.8 cm³/mol. The van der Waals surface area contributed by atoms with Crippen molar-refractivity contribution >= 4 is 5.95 Å². The SMILES string of the molecule is O=c1ccc(C2CC2)nn1CC1CCCN1c1ncc(C2CC2)cn1. The lowest BCUT2D eigenvalue weighted by atomic mass is 10.2. The first-order valence-corrected chi connectivity index (χ1v) is 9.44. The van der Waals surface area contributed by atoms with Crippen molar-refractivity contribution in [1.29, 1.82) is 0 Å². The highest BCUT2D eigenvalue weighted by atomic mass is 16.1. The summed E-state index contributed by atoms with van der Waals surface area (Å²) in [6, 6.07) is 3.80. The topological polar surface area (TPSA) is 63.9 Å². The van der Waals surface area contributed by atoms with Crippen LogP contribution in [0.4, 0.5) is 5.95 Å². The quantitative estimate of drug-likeness (QED) is 0.838. The minimum absolute atomic E-state index is 0.0127. The molecule has 2 aliphatic carbocycles. The van der Waals surface area contributed by atoms with E-state index in [9.17, 15) is 4.79 Å². The molecule has 0 amide bonds. The molecule has 2 saturated carbocycles. The fourth-order valence-electron chi connectivity index (χ4n) is 3.79. The number of anilines is 1. The van der Waals surface area contributed by atoms with E-state index < -0.39 is 0 Å². The summed E-state index contributed by atoms with van der Waals surface area (Å²) < 4.78 is 1.65. The Morgan fingerprint density at radius 1 is 1.00 bits per heavy atom. The van der Waals surface area contributed by atoms with E-state index >= 15 is 0 Å². The molecule has 6 nitrogen and oxygen atoms in total. The van der Waals surface area contributed by atoms with Gasteiger partial charge in [-0.3, -0.25) is 4.79 Å². The van der Waals surface area contributed by atoms with Crippen LogP contribution in [0.2, 0.25) is 0 Å². The van der Waals surface area contributed by atoms with E-state index in [2.05, 4.69) is 20.0 Å². The molecule has 0 N–H and O–H groups in total. The highest BCUT2D eigenvalue weighted by Gasteiger charge is 2.30. The molecular weight excluding hydrogens is 314 g/mol. The van der Waals surface area contributed by atoms with Crippen molar-refractivity contribution in [2.24, 2.45) is 0 Å². The van der Waals surface area contributed by atoms with Gasteiger partial charge in [-0.25, -0.2) is 14.6 Å². The van der Waals surface area contributed by atoms with Crippen molar-refractivity contribution < 1.29 is 0 Å². The summed E-state index contributed by atoms with van der Waals surface area (Å²) in [6.45, 7) is 1.57. The molecule has 25 heavy (non-hydrogen) atoms. The van der Waals surface area contributed by atoms with Gasteiger partial charge >= 0.3 is 0 Å². The van der Waals surface area contributed by atoms with Gasteiger partial charge in [-0.15, -0.1) is 0 Å². The number of rotatable bonds is 5. The van der Waals surface area contributed by atoms with E-state index in [0.29, 0.717) is 18.4 Å². The third-order valence-electron chi connectivity index (χ3n) is 5.61. The van der Waals surface area contributed by atoms with Crippen LogP contribution in [0.25, 0.3) is 0 Å². The van der Waals surface area contributed by atoms with Gasteiger partial charge in [-0.2, -0.15) is 5.10 Å². The third-order valence-corrected chi connectivity index (χ3v) is 5.61. The average Bonchev–Trinajstić information content (AvgIpc) is 3.55. The van der Waals surface area contributed by atoms with Crippen LogP contribution in [0.5, 0.6) is 0 Å². The highest BCUT2D eigenvalue weighted by molar-refractivity contribution is 5.34. The van der Waals surface area contributed by atoms with E-state index in [1.807, 2.05) is 18.5 Å². The van der Waals surface area contributed by atoms with Crippen LogP contribution in [0.1, 0.15) is 61.6 Å². The van der Waals surface area contributed by atoms with Gasteiger partial charge < -0.3 is 4.90 Å². The average molecular weight is 337 g/mol.